The normalized spacial score (nSPS) is 22.4. The monoisotopic (exact) mass is 277 g/mol. The van der Waals surface area contributed by atoms with E-state index in [0.717, 1.165) is 42.6 Å². The smallest absolute Gasteiger partial charge is 0.224 e. The molecule has 1 aromatic rings. The van der Waals surface area contributed by atoms with Crippen molar-refractivity contribution in [1.82, 2.24) is 5.32 Å². The Balaban J connectivity index is 1.99. The van der Waals surface area contributed by atoms with Gasteiger partial charge in [0.05, 0.1) is 25.7 Å². The van der Waals surface area contributed by atoms with Gasteiger partial charge in [0, 0.05) is 5.56 Å². The molecule has 110 valence electrons. The molecule has 4 heteroatoms. The van der Waals surface area contributed by atoms with Gasteiger partial charge in [-0.25, -0.2) is 0 Å². The van der Waals surface area contributed by atoms with Gasteiger partial charge in [0.2, 0.25) is 5.91 Å². The fourth-order valence-electron chi connectivity index (χ4n) is 2.76. The van der Waals surface area contributed by atoms with Crippen LogP contribution in [0.5, 0.6) is 5.75 Å². The van der Waals surface area contributed by atoms with E-state index in [1.807, 2.05) is 25.1 Å². The maximum Gasteiger partial charge on any atom is 0.224 e. The highest BCUT2D eigenvalue weighted by Crippen LogP contribution is 2.21. The Morgan fingerprint density at radius 1 is 1.40 bits per heavy atom. The Kier molecular flexibility index (Phi) is 5.01. The molecule has 20 heavy (non-hydrogen) atoms. The molecule has 1 aromatic carbocycles. The summed E-state index contributed by atoms with van der Waals surface area (Å²) in [7, 11) is 1.61. The third-order valence-electron chi connectivity index (χ3n) is 3.86. The summed E-state index contributed by atoms with van der Waals surface area (Å²) >= 11 is 0. The number of hydrogen-bond donors (Lipinski definition) is 2. The average Bonchev–Trinajstić information content (AvgIpc) is 2.41. The fourth-order valence-corrected chi connectivity index (χ4v) is 2.76. The first-order chi connectivity index (χ1) is 9.60. The molecule has 0 unspecified atom stereocenters. The minimum absolute atomic E-state index is 0.0557. The number of carbonyl (C=O) groups is 1. The Bertz CT molecular complexity index is 473. The number of rotatable bonds is 4. The van der Waals surface area contributed by atoms with E-state index in [4.69, 9.17) is 4.74 Å². The molecular weight excluding hydrogens is 254 g/mol. The van der Waals surface area contributed by atoms with Crippen LogP contribution >= 0.6 is 0 Å². The molecule has 1 aliphatic carbocycles. The Morgan fingerprint density at radius 3 is 2.85 bits per heavy atom. The van der Waals surface area contributed by atoms with Crippen molar-refractivity contribution in [3.63, 3.8) is 0 Å². The molecule has 1 aliphatic rings. The van der Waals surface area contributed by atoms with E-state index in [1.165, 1.54) is 0 Å². The zero-order valence-corrected chi connectivity index (χ0v) is 12.2. The Morgan fingerprint density at radius 2 is 2.15 bits per heavy atom. The first-order valence-electron chi connectivity index (χ1n) is 7.21. The van der Waals surface area contributed by atoms with Gasteiger partial charge in [0.15, 0.2) is 0 Å². The lowest BCUT2D eigenvalue weighted by Gasteiger charge is -2.28. The van der Waals surface area contributed by atoms with Gasteiger partial charge in [0.1, 0.15) is 5.75 Å². The summed E-state index contributed by atoms with van der Waals surface area (Å²) < 4.78 is 5.28. The predicted octanol–water partition coefficient (Wildman–Crippen LogP) is 1.97. The van der Waals surface area contributed by atoms with E-state index in [0.29, 0.717) is 0 Å². The number of aryl methyl sites for hydroxylation is 1. The summed E-state index contributed by atoms with van der Waals surface area (Å²) in [6, 6.07) is 5.71. The van der Waals surface area contributed by atoms with Gasteiger partial charge in [-0.15, -0.1) is 0 Å². The highest BCUT2D eigenvalue weighted by Gasteiger charge is 2.24. The number of aliphatic hydroxyl groups excluding tert-OH is 1. The zero-order valence-electron chi connectivity index (χ0n) is 12.2. The summed E-state index contributed by atoms with van der Waals surface area (Å²) in [6.07, 6.45) is 3.62. The third-order valence-corrected chi connectivity index (χ3v) is 3.86. The van der Waals surface area contributed by atoms with Crippen molar-refractivity contribution in [2.75, 3.05) is 7.11 Å². The van der Waals surface area contributed by atoms with Crippen molar-refractivity contribution < 1.29 is 14.6 Å². The molecule has 2 rings (SSSR count). The van der Waals surface area contributed by atoms with Gasteiger partial charge >= 0.3 is 0 Å². The van der Waals surface area contributed by atoms with Crippen molar-refractivity contribution in [3.05, 3.63) is 29.3 Å². The van der Waals surface area contributed by atoms with Crippen molar-refractivity contribution in [3.8, 4) is 5.75 Å². The minimum Gasteiger partial charge on any atom is -0.496 e. The molecule has 0 spiro atoms. The van der Waals surface area contributed by atoms with Crippen molar-refractivity contribution >= 4 is 5.91 Å². The standard InChI is InChI=1S/C16H23NO3/c1-11-7-8-15(20-2)12(9-11)10-16(19)17-13-5-3-4-6-14(13)18/h7-9,13-14,18H,3-6,10H2,1-2H3,(H,17,19)/t13-,14-/m1/s1. The predicted molar refractivity (Wildman–Crippen MR) is 77.8 cm³/mol. The number of carbonyl (C=O) groups excluding carboxylic acids is 1. The molecule has 0 aromatic heterocycles. The lowest BCUT2D eigenvalue weighted by Crippen LogP contribution is -2.45. The van der Waals surface area contributed by atoms with Gasteiger partial charge < -0.3 is 15.2 Å². The fraction of sp³-hybridized carbons (Fsp3) is 0.562. The maximum absolute atomic E-state index is 12.1. The molecule has 2 atom stereocenters. The van der Waals surface area contributed by atoms with Gasteiger partial charge in [-0.2, -0.15) is 0 Å². The van der Waals surface area contributed by atoms with Crippen LogP contribution in [0, 0.1) is 6.92 Å². The van der Waals surface area contributed by atoms with Crippen LogP contribution in [-0.2, 0) is 11.2 Å². The molecular formula is C16H23NO3. The van der Waals surface area contributed by atoms with Crippen LogP contribution in [0.2, 0.25) is 0 Å². The lowest BCUT2D eigenvalue weighted by atomic mass is 9.92. The van der Waals surface area contributed by atoms with E-state index < -0.39 is 6.10 Å². The number of amides is 1. The quantitative estimate of drug-likeness (QED) is 0.884. The largest absolute Gasteiger partial charge is 0.496 e. The molecule has 1 saturated carbocycles. The van der Waals surface area contributed by atoms with Crippen LogP contribution in [0.25, 0.3) is 0 Å². The van der Waals surface area contributed by atoms with E-state index >= 15 is 0 Å². The number of nitrogens with one attached hydrogen (secondary N) is 1. The summed E-state index contributed by atoms with van der Waals surface area (Å²) in [5.74, 6) is 0.676. The van der Waals surface area contributed by atoms with Crippen molar-refractivity contribution in [2.45, 2.75) is 51.2 Å². The molecule has 0 radical (unpaired) electrons. The van der Waals surface area contributed by atoms with Crippen LogP contribution in [0.15, 0.2) is 18.2 Å². The number of aliphatic hydroxyl groups is 1. The van der Waals surface area contributed by atoms with Crippen LogP contribution in [0.3, 0.4) is 0 Å². The number of ether oxygens (including phenoxy) is 1. The molecule has 2 N–H and O–H groups in total. The zero-order chi connectivity index (χ0) is 14.5. The molecule has 0 saturated heterocycles. The Labute approximate surface area is 120 Å². The van der Waals surface area contributed by atoms with Gasteiger partial charge in [-0.3, -0.25) is 4.79 Å². The summed E-state index contributed by atoms with van der Waals surface area (Å²) in [6.45, 7) is 1.99. The Hall–Kier alpha value is -1.55. The van der Waals surface area contributed by atoms with Gasteiger partial charge in [-0.05, 0) is 25.8 Å². The minimum atomic E-state index is -0.410. The number of hydrogen-bond acceptors (Lipinski definition) is 3. The SMILES string of the molecule is COc1ccc(C)cc1CC(=O)N[C@@H]1CCCC[C@H]1O. The summed E-state index contributed by atoms with van der Waals surface area (Å²) in [5, 5.41) is 12.8. The highest BCUT2D eigenvalue weighted by molar-refractivity contribution is 5.79. The second-order valence-electron chi connectivity index (χ2n) is 5.52. The van der Waals surface area contributed by atoms with Crippen LogP contribution < -0.4 is 10.1 Å². The van der Waals surface area contributed by atoms with E-state index in [2.05, 4.69) is 5.32 Å². The number of methoxy groups -OCH3 is 1. The van der Waals surface area contributed by atoms with E-state index in [-0.39, 0.29) is 18.4 Å². The first-order valence-corrected chi connectivity index (χ1v) is 7.21. The molecule has 0 heterocycles. The number of benzene rings is 1. The van der Waals surface area contributed by atoms with Gasteiger partial charge in [-0.1, -0.05) is 30.5 Å². The van der Waals surface area contributed by atoms with Crippen LogP contribution in [0.4, 0.5) is 0 Å². The molecule has 4 nitrogen and oxygen atoms in total. The first kappa shape index (κ1) is 14.9. The maximum atomic E-state index is 12.1. The van der Waals surface area contributed by atoms with E-state index in [9.17, 15) is 9.90 Å². The molecule has 1 amide bonds. The van der Waals surface area contributed by atoms with Crippen molar-refractivity contribution in [2.24, 2.45) is 0 Å². The van der Waals surface area contributed by atoms with Crippen molar-refractivity contribution in [1.29, 1.82) is 0 Å². The lowest BCUT2D eigenvalue weighted by molar-refractivity contribution is -0.122. The third kappa shape index (κ3) is 3.73. The molecule has 0 aliphatic heterocycles. The van der Waals surface area contributed by atoms with E-state index in [1.54, 1.807) is 7.11 Å². The van der Waals surface area contributed by atoms with Gasteiger partial charge in [0.25, 0.3) is 0 Å². The summed E-state index contributed by atoms with van der Waals surface area (Å²) in [5.41, 5.74) is 1.99. The topological polar surface area (TPSA) is 58.6 Å². The van der Waals surface area contributed by atoms with Crippen LogP contribution in [0.1, 0.15) is 36.8 Å². The second-order valence-corrected chi connectivity index (χ2v) is 5.52. The summed E-state index contributed by atoms with van der Waals surface area (Å²) in [4.78, 5) is 12.1. The highest BCUT2D eigenvalue weighted by atomic mass is 16.5. The molecule has 0 bridgehead atoms. The average molecular weight is 277 g/mol. The second kappa shape index (κ2) is 6.75. The molecule has 1 fully saturated rings. The van der Waals surface area contributed by atoms with Crippen LogP contribution in [-0.4, -0.2) is 30.3 Å².